The highest BCUT2D eigenvalue weighted by Gasteiger charge is 2.42. The molecule has 0 unspecified atom stereocenters. The van der Waals surface area contributed by atoms with Crippen LogP contribution in [0.4, 0.5) is 0 Å². The Balaban J connectivity index is 2.27. The van der Waals surface area contributed by atoms with Gasteiger partial charge in [-0.05, 0) is 13.0 Å². The van der Waals surface area contributed by atoms with Gasteiger partial charge in [0.25, 0.3) is 0 Å². The van der Waals surface area contributed by atoms with E-state index in [9.17, 15) is 0 Å². The third-order valence-corrected chi connectivity index (χ3v) is 2.83. The van der Waals surface area contributed by atoms with Gasteiger partial charge in [0.1, 0.15) is 5.75 Å². The van der Waals surface area contributed by atoms with E-state index in [4.69, 9.17) is 9.47 Å². The average Bonchev–Trinajstić information content (AvgIpc) is 2.20. The maximum Gasteiger partial charge on any atom is 0.125 e. The topological polar surface area (TPSA) is 18.5 Å². The molecular weight excluding hydrogens is 188 g/mol. The van der Waals surface area contributed by atoms with Gasteiger partial charge < -0.3 is 9.47 Å². The highest BCUT2D eigenvalue weighted by atomic mass is 16.5. The molecule has 0 aromatic heterocycles. The Bertz CT molecular complexity index is 344. The van der Waals surface area contributed by atoms with E-state index >= 15 is 0 Å². The van der Waals surface area contributed by atoms with Crippen LogP contribution in [0.25, 0.3) is 0 Å². The van der Waals surface area contributed by atoms with Crippen LogP contribution in [-0.2, 0) is 4.74 Å². The molecule has 2 heteroatoms. The summed E-state index contributed by atoms with van der Waals surface area (Å²) in [5, 5.41) is 0. The van der Waals surface area contributed by atoms with Crippen LogP contribution in [0.3, 0.4) is 0 Å². The lowest BCUT2D eigenvalue weighted by atomic mass is 9.78. The van der Waals surface area contributed by atoms with Gasteiger partial charge in [0.15, 0.2) is 0 Å². The number of benzene rings is 1. The van der Waals surface area contributed by atoms with Crippen LogP contribution in [0, 0.1) is 5.41 Å². The Labute approximate surface area is 91.2 Å². The average molecular weight is 206 g/mol. The van der Waals surface area contributed by atoms with Gasteiger partial charge >= 0.3 is 0 Å². The summed E-state index contributed by atoms with van der Waals surface area (Å²) in [7, 11) is 0. The number of para-hydroxylation sites is 1. The smallest absolute Gasteiger partial charge is 0.125 e. The molecule has 1 saturated heterocycles. The number of rotatable bonds is 3. The van der Waals surface area contributed by atoms with Crippen LogP contribution in [0.2, 0.25) is 0 Å². The molecule has 0 radical (unpaired) electrons. The first-order chi connectivity index (χ1) is 7.15. The van der Waals surface area contributed by atoms with E-state index in [1.54, 1.807) is 0 Å². The highest BCUT2D eigenvalue weighted by Crippen LogP contribution is 2.48. The molecule has 1 fully saturated rings. The van der Waals surface area contributed by atoms with Crippen molar-refractivity contribution in [3.63, 3.8) is 0 Å². The second-order valence-corrected chi connectivity index (χ2v) is 4.65. The molecule has 0 bridgehead atoms. The fourth-order valence-electron chi connectivity index (χ4n) is 1.99. The van der Waals surface area contributed by atoms with Crippen LogP contribution in [0.15, 0.2) is 24.3 Å². The van der Waals surface area contributed by atoms with Crippen LogP contribution in [0.5, 0.6) is 5.75 Å². The lowest BCUT2D eigenvalue weighted by Crippen LogP contribution is -2.40. The van der Waals surface area contributed by atoms with Gasteiger partial charge in [0.2, 0.25) is 0 Å². The zero-order valence-electron chi connectivity index (χ0n) is 9.62. The third kappa shape index (κ3) is 1.86. The first-order valence-corrected chi connectivity index (χ1v) is 5.48. The summed E-state index contributed by atoms with van der Waals surface area (Å²) in [5.41, 5.74) is 1.41. The van der Waals surface area contributed by atoms with E-state index in [0.717, 1.165) is 12.4 Å². The van der Waals surface area contributed by atoms with Crippen molar-refractivity contribution in [3.05, 3.63) is 29.8 Å². The lowest BCUT2D eigenvalue weighted by Gasteiger charge is -2.44. The Morgan fingerprint density at radius 2 is 2.13 bits per heavy atom. The van der Waals surface area contributed by atoms with Gasteiger partial charge in [-0.2, -0.15) is 0 Å². The van der Waals surface area contributed by atoms with Gasteiger partial charge in [-0.1, -0.05) is 32.0 Å². The third-order valence-electron chi connectivity index (χ3n) is 2.83. The van der Waals surface area contributed by atoms with Crippen molar-refractivity contribution in [1.82, 2.24) is 0 Å². The van der Waals surface area contributed by atoms with Crippen molar-refractivity contribution in [1.29, 1.82) is 0 Å². The second kappa shape index (κ2) is 3.86. The number of hydrogen-bond donors (Lipinski definition) is 0. The molecule has 0 saturated carbocycles. The molecule has 0 N–H and O–H groups in total. The molecule has 2 nitrogen and oxygen atoms in total. The standard InChI is InChI=1S/C13H18O2/c1-4-14-11-8-6-5-7-10(11)12-13(2,3)9-15-12/h5-8,12H,4,9H2,1-3H3/t12-/m0/s1. The number of hydrogen-bond acceptors (Lipinski definition) is 2. The normalized spacial score (nSPS) is 23.3. The Kier molecular flexibility index (Phi) is 2.70. The molecule has 1 aromatic rings. The van der Waals surface area contributed by atoms with Crippen LogP contribution < -0.4 is 4.74 Å². The first kappa shape index (κ1) is 10.5. The zero-order chi connectivity index (χ0) is 10.9. The summed E-state index contributed by atoms with van der Waals surface area (Å²) in [6, 6.07) is 8.14. The Hall–Kier alpha value is -1.02. The predicted molar refractivity (Wildman–Crippen MR) is 60.1 cm³/mol. The molecule has 0 amide bonds. The summed E-state index contributed by atoms with van der Waals surface area (Å²) in [5.74, 6) is 0.956. The van der Waals surface area contributed by atoms with Gasteiger partial charge in [0.05, 0.1) is 19.3 Å². The van der Waals surface area contributed by atoms with Crippen molar-refractivity contribution in [2.45, 2.75) is 26.9 Å². The lowest BCUT2D eigenvalue weighted by molar-refractivity contribution is -0.172. The van der Waals surface area contributed by atoms with Crippen molar-refractivity contribution in [2.75, 3.05) is 13.2 Å². The van der Waals surface area contributed by atoms with Crippen molar-refractivity contribution in [3.8, 4) is 5.75 Å². The van der Waals surface area contributed by atoms with Gasteiger partial charge in [-0.25, -0.2) is 0 Å². The zero-order valence-corrected chi connectivity index (χ0v) is 9.62. The van der Waals surface area contributed by atoms with Crippen LogP contribution in [0.1, 0.15) is 32.4 Å². The maximum absolute atomic E-state index is 5.64. The van der Waals surface area contributed by atoms with E-state index in [2.05, 4.69) is 19.9 Å². The molecule has 1 aliphatic heterocycles. The molecule has 1 atom stereocenters. The fraction of sp³-hybridized carbons (Fsp3) is 0.538. The molecule has 1 heterocycles. The fourth-order valence-corrected chi connectivity index (χ4v) is 1.99. The molecule has 2 rings (SSSR count). The monoisotopic (exact) mass is 206 g/mol. The van der Waals surface area contributed by atoms with E-state index in [1.165, 1.54) is 5.56 Å². The first-order valence-electron chi connectivity index (χ1n) is 5.48. The van der Waals surface area contributed by atoms with Gasteiger partial charge in [-0.3, -0.25) is 0 Å². The van der Waals surface area contributed by atoms with Crippen molar-refractivity contribution in [2.24, 2.45) is 5.41 Å². The Morgan fingerprint density at radius 3 is 2.67 bits per heavy atom. The van der Waals surface area contributed by atoms with Crippen molar-refractivity contribution < 1.29 is 9.47 Å². The molecule has 0 spiro atoms. The van der Waals surface area contributed by atoms with E-state index in [0.29, 0.717) is 6.61 Å². The molecule has 1 aromatic carbocycles. The minimum absolute atomic E-state index is 0.181. The molecule has 0 aliphatic carbocycles. The van der Waals surface area contributed by atoms with E-state index in [-0.39, 0.29) is 11.5 Å². The highest BCUT2D eigenvalue weighted by molar-refractivity contribution is 5.37. The summed E-state index contributed by atoms with van der Waals surface area (Å²) in [6.45, 7) is 7.99. The summed E-state index contributed by atoms with van der Waals surface area (Å²) >= 11 is 0. The molecule has 82 valence electrons. The van der Waals surface area contributed by atoms with Crippen LogP contribution >= 0.6 is 0 Å². The molecular formula is C13H18O2. The molecule has 15 heavy (non-hydrogen) atoms. The van der Waals surface area contributed by atoms with E-state index in [1.807, 2.05) is 25.1 Å². The maximum atomic E-state index is 5.64. The summed E-state index contributed by atoms with van der Waals surface area (Å²) in [4.78, 5) is 0. The summed E-state index contributed by atoms with van der Waals surface area (Å²) in [6.07, 6.45) is 0.181. The van der Waals surface area contributed by atoms with Crippen molar-refractivity contribution >= 4 is 0 Å². The van der Waals surface area contributed by atoms with Gasteiger partial charge in [-0.15, -0.1) is 0 Å². The largest absolute Gasteiger partial charge is 0.493 e. The minimum Gasteiger partial charge on any atom is -0.493 e. The quantitative estimate of drug-likeness (QED) is 0.756. The number of ether oxygens (including phenoxy) is 2. The predicted octanol–water partition coefficient (Wildman–Crippen LogP) is 3.18. The second-order valence-electron chi connectivity index (χ2n) is 4.65. The minimum atomic E-state index is 0.181. The SMILES string of the molecule is CCOc1ccccc1[C@@H]1OCC1(C)C. The molecule has 1 aliphatic rings. The van der Waals surface area contributed by atoms with E-state index < -0.39 is 0 Å². The van der Waals surface area contributed by atoms with Gasteiger partial charge in [0, 0.05) is 11.0 Å². The van der Waals surface area contributed by atoms with Crippen LogP contribution in [-0.4, -0.2) is 13.2 Å². The summed E-state index contributed by atoms with van der Waals surface area (Å²) < 4.78 is 11.2. The Morgan fingerprint density at radius 1 is 1.40 bits per heavy atom.